The smallest absolute Gasteiger partial charge is 0.146 e. The van der Waals surface area contributed by atoms with E-state index in [1.54, 1.807) is 12.1 Å². The molecule has 0 bridgehead atoms. The van der Waals surface area contributed by atoms with Crippen LogP contribution in [0.5, 0.6) is 5.75 Å². The van der Waals surface area contributed by atoms with Gasteiger partial charge in [0.15, 0.2) is 0 Å². The molecule has 1 aromatic rings. The van der Waals surface area contributed by atoms with Crippen LogP contribution in [0.3, 0.4) is 0 Å². The zero-order valence-electron chi connectivity index (χ0n) is 10.1. The molecule has 5 heteroatoms. The zero-order chi connectivity index (χ0) is 13.5. The summed E-state index contributed by atoms with van der Waals surface area (Å²) in [7, 11) is 0. The van der Waals surface area contributed by atoms with Crippen LogP contribution in [0.1, 0.15) is 26.7 Å². The highest BCUT2D eigenvalue weighted by molar-refractivity contribution is 6.43. The van der Waals surface area contributed by atoms with Crippen molar-refractivity contribution in [2.75, 3.05) is 0 Å². The zero-order valence-corrected chi connectivity index (χ0v) is 12.4. The Kier molecular flexibility index (Phi) is 3.82. The molecule has 2 nitrogen and oxygen atoms in total. The summed E-state index contributed by atoms with van der Waals surface area (Å²) in [6, 6.07) is 3.13. The van der Waals surface area contributed by atoms with Gasteiger partial charge in [0, 0.05) is 12.5 Å². The third kappa shape index (κ3) is 2.22. The maximum atomic E-state index is 11.6. The van der Waals surface area contributed by atoms with E-state index in [-0.39, 0.29) is 11.9 Å². The quantitative estimate of drug-likeness (QED) is 0.751. The average Bonchev–Trinajstić information content (AvgIpc) is 2.34. The van der Waals surface area contributed by atoms with Gasteiger partial charge in [-0.15, -0.1) is 0 Å². The summed E-state index contributed by atoms with van der Waals surface area (Å²) < 4.78 is 5.80. The summed E-state index contributed by atoms with van der Waals surface area (Å²) in [5, 5.41) is 1.18. The molecule has 98 valence electrons. The van der Waals surface area contributed by atoms with Crippen LogP contribution in [-0.4, -0.2) is 11.9 Å². The topological polar surface area (TPSA) is 26.3 Å². The first-order valence-corrected chi connectivity index (χ1v) is 6.86. The lowest BCUT2D eigenvalue weighted by molar-refractivity contribution is -0.150. The Morgan fingerprint density at radius 3 is 2.44 bits per heavy atom. The largest absolute Gasteiger partial charge is 0.487 e. The SMILES string of the molecule is CCC1(C)C(=O)CC1Oc1cc(Cl)c(Cl)cc1Cl. The molecule has 1 aliphatic carbocycles. The predicted molar refractivity (Wildman–Crippen MR) is 73.9 cm³/mol. The number of carbonyl (C=O) groups excluding carboxylic acids is 1. The lowest BCUT2D eigenvalue weighted by atomic mass is 9.64. The van der Waals surface area contributed by atoms with Gasteiger partial charge in [-0.25, -0.2) is 0 Å². The number of benzene rings is 1. The number of ketones is 1. The highest BCUT2D eigenvalue weighted by atomic mass is 35.5. The molecule has 1 saturated carbocycles. The van der Waals surface area contributed by atoms with E-state index < -0.39 is 5.41 Å². The molecule has 1 aliphatic rings. The lowest BCUT2D eigenvalue weighted by Gasteiger charge is -2.44. The second kappa shape index (κ2) is 4.92. The number of halogens is 3. The summed E-state index contributed by atoms with van der Waals surface area (Å²) >= 11 is 17.8. The van der Waals surface area contributed by atoms with Crippen molar-refractivity contribution in [3.8, 4) is 5.75 Å². The molecule has 0 saturated heterocycles. The highest BCUT2D eigenvalue weighted by Gasteiger charge is 2.51. The fourth-order valence-electron chi connectivity index (χ4n) is 2.02. The van der Waals surface area contributed by atoms with Crippen molar-refractivity contribution in [1.29, 1.82) is 0 Å². The number of rotatable bonds is 3. The number of hydrogen-bond donors (Lipinski definition) is 0. The molecule has 1 aromatic carbocycles. The van der Waals surface area contributed by atoms with Crippen LogP contribution in [-0.2, 0) is 4.79 Å². The molecule has 0 aliphatic heterocycles. The van der Waals surface area contributed by atoms with Crippen molar-refractivity contribution >= 4 is 40.6 Å². The van der Waals surface area contributed by atoms with E-state index in [0.717, 1.165) is 6.42 Å². The van der Waals surface area contributed by atoms with Gasteiger partial charge in [-0.05, 0) is 19.4 Å². The number of Topliss-reactive ketones (excluding diaryl/α,β-unsaturated/α-hetero) is 1. The first-order valence-electron chi connectivity index (χ1n) is 5.73. The maximum Gasteiger partial charge on any atom is 0.146 e. The van der Waals surface area contributed by atoms with Gasteiger partial charge < -0.3 is 4.74 Å². The van der Waals surface area contributed by atoms with Crippen molar-refractivity contribution in [3.63, 3.8) is 0 Å². The third-order valence-electron chi connectivity index (χ3n) is 3.70. The molecule has 0 radical (unpaired) electrons. The van der Waals surface area contributed by atoms with Crippen LogP contribution in [0.25, 0.3) is 0 Å². The second-order valence-electron chi connectivity index (χ2n) is 4.70. The summed E-state index contributed by atoms with van der Waals surface area (Å²) in [6.45, 7) is 3.89. The van der Waals surface area contributed by atoms with E-state index in [4.69, 9.17) is 39.5 Å². The molecule has 0 aromatic heterocycles. The first kappa shape index (κ1) is 14.0. The maximum absolute atomic E-state index is 11.6. The second-order valence-corrected chi connectivity index (χ2v) is 5.92. The van der Waals surface area contributed by atoms with E-state index in [2.05, 4.69) is 0 Å². The Hall–Kier alpha value is -0.440. The Morgan fingerprint density at radius 2 is 1.89 bits per heavy atom. The normalized spacial score (nSPS) is 26.9. The van der Waals surface area contributed by atoms with Gasteiger partial charge in [0.2, 0.25) is 0 Å². The van der Waals surface area contributed by atoms with Gasteiger partial charge in [0.25, 0.3) is 0 Å². The van der Waals surface area contributed by atoms with Crippen molar-refractivity contribution in [3.05, 3.63) is 27.2 Å². The Bertz CT molecular complexity index is 501. The minimum atomic E-state index is -0.421. The Labute approximate surface area is 121 Å². The standard InChI is InChI=1S/C13H13Cl3O2/c1-3-13(2)11(17)6-12(13)18-10-5-8(15)7(14)4-9(10)16/h4-5,12H,3,6H2,1-2H3. The molecule has 0 heterocycles. The van der Waals surface area contributed by atoms with Crippen LogP contribution in [0.4, 0.5) is 0 Å². The number of hydrogen-bond acceptors (Lipinski definition) is 2. The first-order chi connectivity index (χ1) is 8.38. The molecular formula is C13H13Cl3O2. The summed E-state index contributed by atoms with van der Waals surface area (Å²) in [6.07, 6.45) is 1.01. The van der Waals surface area contributed by atoms with Crippen molar-refractivity contribution in [2.45, 2.75) is 32.8 Å². The van der Waals surface area contributed by atoms with E-state index >= 15 is 0 Å². The highest BCUT2D eigenvalue weighted by Crippen LogP contribution is 2.44. The van der Waals surface area contributed by atoms with E-state index in [0.29, 0.717) is 27.2 Å². The molecule has 2 unspecified atom stereocenters. The van der Waals surface area contributed by atoms with Gasteiger partial charge in [0.1, 0.15) is 17.6 Å². The van der Waals surface area contributed by atoms with Gasteiger partial charge in [0.05, 0.1) is 20.5 Å². The molecular weight excluding hydrogens is 294 g/mol. The van der Waals surface area contributed by atoms with E-state index in [1.165, 1.54) is 0 Å². The fourth-order valence-corrected chi connectivity index (χ4v) is 2.60. The summed E-state index contributed by atoms with van der Waals surface area (Å²) in [4.78, 5) is 11.6. The summed E-state index contributed by atoms with van der Waals surface area (Å²) in [5.74, 6) is 0.703. The monoisotopic (exact) mass is 306 g/mol. The van der Waals surface area contributed by atoms with Crippen molar-refractivity contribution in [1.82, 2.24) is 0 Å². The van der Waals surface area contributed by atoms with Crippen LogP contribution in [0.2, 0.25) is 15.1 Å². The molecule has 0 N–H and O–H groups in total. The Morgan fingerprint density at radius 1 is 1.28 bits per heavy atom. The van der Waals surface area contributed by atoms with Gasteiger partial charge >= 0.3 is 0 Å². The fraction of sp³-hybridized carbons (Fsp3) is 0.462. The Balaban J connectivity index is 2.21. The predicted octanol–water partition coefficient (Wildman–Crippen LogP) is 4.78. The lowest BCUT2D eigenvalue weighted by Crippen LogP contribution is -2.54. The van der Waals surface area contributed by atoms with Crippen LogP contribution < -0.4 is 4.74 Å². The molecule has 0 amide bonds. The minimum absolute atomic E-state index is 0.148. The molecule has 2 rings (SSSR count). The molecule has 1 fully saturated rings. The van der Waals surface area contributed by atoms with Gasteiger partial charge in [-0.2, -0.15) is 0 Å². The number of carbonyl (C=O) groups is 1. The number of ether oxygens (including phenoxy) is 1. The van der Waals surface area contributed by atoms with Crippen LogP contribution >= 0.6 is 34.8 Å². The van der Waals surface area contributed by atoms with Gasteiger partial charge in [-0.1, -0.05) is 41.7 Å². The van der Waals surface area contributed by atoms with E-state index in [1.807, 2.05) is 13.8 Å². The summed E-state index contributed by atoms with van der Waals surface area (Å²) in [5.41, 5.74) is -0.421. The molecule has 2 atom stereocenters. The molecule has 18 heavy (non-hydrogen) atoms. The van der Waals surface area contributed by atoms with Crippen molar-refractivity contribution < 1.29 is 9.53 Å². The molecule has 0 spiro atoms. The van der Waals surface area contributed by atoms with Crippen molar-refractivity contribution in [2.24, 2.45) is 5.41 Å². The van der Waals surface area contributed by atoms with E-state index in [9.17, 15) is 4.79 Å². The van der Waals surface area contributed by atoms with Crippen LogP contribution in [0, 0.1) is 5.41 Å². The van der Waals surface area contributed by atoms with Crippen LogP contribution in [0.15, 0.2) is 12.1 Å². The van der Waals surface area contributed by atoms with Gasteiger partial charge in [-0.3, -0.25) is 4.79 Å². The minimum Gasteiger partial charge on any atom is -0.487 e. The third-order valence-corrected chi connectivity index (χ3v) is 4.71. The average molecular weight is 308 g/mol.